The van der Waals surface area contributed by atoms with Crippen LogP contribution in [0.3, 0.4) is 0 Å². The average molecular weight is 407 g/mol. The highest BCUT2D eigenvalue weighted by Crippen LogP contribution is 2.23. The van der Waals surface area contributed by atoms with Crippen molar-refractivity contribution in [3.63, 3.8) is 0 Å². The van der Waals surface area contributed by atoms with Gasteiger partial charge in [0, 0.05) is 7.05 Å². The number of ether oxygens (including phenoxy) is 1. The zero-order chi connectivity index (χ0) is 20.4. The molecule has 0 saturated heterocycles. The van der Waals surface area contributed by atoms with E-state index in [2.05, 4.69) is 26.2 Å². The number of aromatic nitrogens is 3. The second-order valence-electron chi connectivity index (χ2n) is 6.93. The van der Waals surface area contributed by atoms with Crippen LogP contribution in [0.2, 0.25) is 0 Å². The fourth-order valence-electron chi connectivity index (χ4n) is 3.01. The summed E-state index contributed by atoms with van der Waals surface area (Å²) in [5, 5.41) is 9.19. The van der Waals surface area contributed by atoms with E-state index in [0.717, 1.165) is 33.6 Å². The van der Waals surface area contributed by atoms with Crippen LogP contribution in [0.15, 0.2) is 57.6 Å². The van der Waals surface area contributed by atoms with Crippen molar-refractivity contribution in [2.75, 3.05) is 5.75 Å². The molecule has 0 radical (unpaired) electrons. The first-order valence-electron chi connectivity index (χ1n) is 9.27. The second kappa shape index (κ2) is 8.16. The van der Waals surface area contributed by atoms with E-state index in [1.807, 2.05) is 61.9 Å². The number of hydrogen-bond donors (Lipinski definition) is 0. The van der Waals surface area contributed by atoms with Gasteiger partial charge in [0.15, 0.2) is 11.0 Å². The first-order valence-corrected chi connectivity index (χ1v) is 10.3. The van der Waals surface area contributed by atoms with Crippen molar-refractivity contribution in [3.8, 4) is 5.75 Å². The van der Waals surface area contributed by atoms with Crippen LogP contribution in [0.4, 0.5) is 0 Å². The number of amides is 1. The largest absolute Gasteiger partial charge is 0.485 e. The summed E-state index contributed by atoms with van der Waals surface area (Å²) >= 11 is 1.44. The first-order chi connectivity index (χ1) is 14.0. The molecule has 0 fully saturated rings. The maximum atomic E-state index is 12.2. The lowest BCUT2D eigenvalue weighted by atomic mass is 9.97. The van der Waals surface area contributed by atoms with Crippen molar-refractivity contribution in [1.82, 2.24) is 14.8 Å². The third-order valence-electron chi connectivity index (χ3n) is 4.72. The Morgan fingerprint density at radius 1 is 1.17 bits per heavy atom. The fourth-order valence-corrected chi connectivity index (χ4v) is 3.80. The zero-order valence-corrected chi connectivity index (χ0v) is 17.3. The minimum Gasteiger partial charge on any atom is -0.485 e. The Morgan fingerprint density at radius 3 is 2.90 bits per heavy atom. The van der Waals surface area contributed by atoms with E-state index in [1.54, 1.807) is 0 Å². The highest BCUT2D eigenvalue weighted by molar-refractivity contribution is 7.99. The van der Waals surface area contributed by atoms with Gasteiger partial charge in [-0.1, -0.05) is 42.1 Å². The standard InChI is InChI=1S/C21H21N5O2S/c1-13-8-9-14(2)17(10-13)28-11-19-24-25-21(26(19)3)29-12-18-22-16-7-5-4-6-15(16)20(27)23-18/h4-10,15H,11-12H2,1-3H3. The van der Waals surface area contributed by atoms with Crippen molar-refractivity contribution in [1.29, 1.82) is 0 Å². The summed E-state index contributed by atoms with van der Waals surface area (Å²) in [6.45, 7) is 4.38. The van der Waals surface area contributed by atoms with E-state index < -0.39 is 0 Å². The highest BCUT2D eigenvalue weighted by Gasteiger charge is 2.26. The number of nitrogens with zero attached hydrogens (tertiary/aromatic N) is 5. The molecule has 0 bridgehead atoms. The quantitative estimate of drug-likeness (QED) is 0.687. The van der Waals surface area contributed by atoms with Gasteiger partial charge in [0.1, 0.15) is 24.1 Å². The van der Waals surface area contributed by atoms with E-state index in [1.165, 1.54) is 11.8 Å². The van der Waals surface area contributed by atoms with Crippen LogP contribution >= 0.6 is 11.8 Å². The van der Waals surface area contributed by atoms with Gasteiger partial charge in [-0.15, -0.1) is 10.2 Å². The summed E-state index contributed by atoms with van der Waals surface area (Å²) in [6, 6.07) is 6.11. The van der Waals surface area contributed by atoms with Crippen LogP contribution in [0.5, 0.6) is 5.75 Å². The van der Waals surface area contributed by atoms with E-state index in [9.17, 15) is 4.79 Å². The number of hydrogen-bond acceptors (Lipinski definition) is 6. The number of thioether (sulfide) groups is 1. The fraction of sp³-hybridized carbons (Fsp3) is 0.286. The predicted octanol–water partition coefficient (Wildman–Crippen LogP) is 3.22. The van der Waals surface area contributed by atoms with Crippen molar-refractivity contribution in [3.05, 3.63) is 59.5 Å². The Kier molecular flexibility index (Phi) is 5.44. The summed E-state index contributed by atoms with van der Waals surface area (Å²) in [4.78, 5) is 20.8. The number of aliphatic imine (C=N–C) groups is 2. The summed E-state index contributed by atoms with van der Waals surface area (Å²) in [5.41, 5.74) is 2.97. The molecule has 2 heterocycles. The molecular weight excluding hydrogens is 386 g/mol. The molecule has 1 aliphatic heterocycles. The van der Waals surface area contributed by atoms with E-state index in [4.69, 9.17) is 4.74 Å². The molecule has 2 aromatic rings. The Balaban J connectivity index is 1.40. The van der Waals surface area contributed by atoms with Crippen molar-refractivity contribution >= 4 is 29.2 Å². The van der Waals surface area contributed by atoms with Crippen LogP contribution in [0, 0.1) is 19.8 Å². The molecule has 1 unspecified atom stereocenters. The Hall–Kier alpha value is -3.00. The van der Waals surface area contributed by atoms with Crippen molar-refractivity contribution < 1.29 is 9.53 Å². The lowest BCUT2D eigenvalue weighted by Gasteiger charge is -2.17. The number of rotatable bonds is 6. The van der Waals surface area contributed by atoms with Gasteiger partial charge in [-0.3, -0.25) is 4.79 Å². The van der Waals surface area contributed by atoms with Crippen LogP contribution in [-0.4, -0.2) is 38.0 Å². The molecule has 1 atom stereocenters. The Morgan fingerprint density at radius 2 is 2.03 bits per heavy atom. The van der Waals surface area contributed by atoms with Gasteiger partial charge in [0.25, 0.3) is 5.91 Å². The summed E-state index contributed by atoms with van der Waals surface area (Å²) < 4.78 is 7.82. The number of benzene rings is 1. The molecule has 2 aliphatic rings. The molecule has 8 heteroatoms. The lowest BCUT2D eigenvalue weighted by molar-refractivity contribution is -0.118. The van der Waals surface area contributed by atoms with E-state index >= 15 is 0 Å². The van der Waals surface area contributed by atoms with Gasteiger partial charge in [-0.25, -0.2) is 4.99 Å². The van der Waals surface area contributed by atoms with E-state index in [-0.39, 0.29) is 11.8 Å². The molecule has 0 spiro atoms. The van der Waals surface area contributed by atoms with E-state index in [0.29, 0.717) is 18.2 Å². The number of amidine groups is 1. The molecule has 1 aromatic carbocycles. The molecule has 7 nitrogen and oxygen atoms in total. The molecule has 29 heavy (non-hydrogen) atoms. The first kappa shape index (κ1) is 19.3. The summed E-state index contributed by atoms with van der Waals surface area (Å²) in [6.07, 6.45) is 7.40. The third kappa shape index (κ3) is 4.22. The zero-order valence-electron chi connectivity index (χ0n) is 16.5. The van der Waals surface area contributed by atoms with Gasteiger partial charge >= 0.3 is 0 Å². The predicted molar refractivity (Wildman–Crippen MR) is 114 cm³/mol. The Labute approximate surface area is 173 Å². The van der Waals surface area contributed by atoms with Crippen LogP contribution < -0.4 is 4.74 Å². The monoisotopic (exact) mass is 407 g/mol. The van der Waals surface area contributed by atoms with Crippen LogP contribution in [-0.2, 0) is 18.4 Å². The maximum absolute atomic E-state index is 12.2. The molecule has 0 N–H and O–H groups in total. The minimum atomic E-state index is -0.350. The number of carbonyl (C=O) groups is 1. The molecule has 148 valence electrons. The minimum absolute atomic E-state index is 0.174. The summed E-state index contributed by atoms with van der Waals surface area (Å²) in [5.74, 6) is 1.99. The van der Waals surface area contributed by atoms with Gasteiger partial charge in [-0.05, 0) is 37.1 Å². The second-order valence-corrected chi connectivity index (χ2v) is 7.87. The SMILES string of the molecule is Cc1ccc(C)c(OCc2nnc(SCC3=NC(=O)C4C=CC=CC4=N3)n2C)c1. The lowest BCUT2D eigenvalue weighted by Crippen LogP contribution is -2.27. The average Bonchev–Trinajstić information content (AvgIpc) is 3.07. The highest BCUT2D eigenvalue weighted by atomic mass is 32.2. The molecule has 0 saturated carbocycles. The molecule has 1 amide bonds. The molecular formula is C21H21N5O2S. The number of fused-ring (bicyclic) bond motifs is 1. The van der Waals surface area contributed by atoms with Crippen molar-refractivity contribution in [2.24, 2.45) is 23.0 Å². The topological polar surface area (TPSA) is 81.7 Å². The van der Waals surface area contributed by atoms with Gasteiger partial charge in [0.05, 0.1) is 11.5 Å². The van der Waals surface area contributed by atoms with Gasteiger partial charge in [-0.2, -0.15) is 4.99 Å². The number of aryl methyl sites for hydroxylation is 2. The van der Waals surface area contributed by atoms with Gasteiger partial charge < -0.3 is 9.30 Å². The van der Waals surface area contributed by atoms with Crippen LogP contribution in [0.1, 0.15) is 17.0 Å². The maximum Gasteiger partial charge on any atom is 0.260 e. The third-order valence-corrected chi connectivity index (χ3v) is 5.74. The Bertz CT molecular complexity index is 1080. The summed E-state index contributed by atoms with van der Waals surface area (Å²) in [7, 11) is 1.90. The van der Waals surface area contributed by atoms with Crippen LogP contribution in [0.25, 0.3) is 0 Å². The van der Waals surface area contributed by atoms with Crippen molar-refractivity contribution in [2.45, 2.75) is 25.6 Å². The smallest absolute Gasteiger partial charge is 0.260 e. The molecule has 1 aromatic heterocycles. The van der Waals surface area contributed by atoms with Gasteiger partial charge in [0.2, 0.25) is 0 Å². The molecule has 1 aliphatic carbocycles. The molecule has 4 rings (SSSR count). The number of carbonyl (C=O) groups excluding carboxylic acids is 1. The number of allylic oxidation sites excluding steroid dienone is 3. The normalized spacial score (nSPS) is 17.8.